The molecule has 0 atom stereocenters. The molecule has 1 aliphatic heterocycles. The Bertz CT molecular complexity index is 775. The molecule has 0 radical (unpaired) electrons. The molecule has 2 fully saturated rings. The number of benzene rings is 1. The van der Waals surface area contributed by atoms with Crippen LogP contribution in [0.15, 0.2) is 24.3 Å². The minimum absolute atomic E-state index is 0.121. The van der Waals surface area contributed by atoms with Crippen LogP contribution in [0.3, 0.4) is 0 Å². The Morgan fingerprint density at radius 2 is 2.04 bits per heavy atom. The van der Waals surface area contributed by atoms with Gasteiger partial charge in [-0.25, -0.2) is 0 Å². The molecule has 1 saturated carbocycles. The van der Waals surface area contributed by atoms with Crippen LogP contribution in [0.25, 0.3) is 10.9 Å². The minimum atomic E-state index is 0.121. The third kappa shape index (κ3) is 3.91. The number of ether oxygens (including phenoxy) is 1. The fourth-order valence-electron chi connectivity index (χ4n) is 3.85. The zero-order chi connectivity index (χ0) is 18.0. The van der Waals surface area contributed by atoms with E-state index in [-0.39, 0.29) is 5.91 Å². The van der Waals surface area contributed by atoms with Gasteiger partial charge in [-0.05, 0) is 25.8 Å². The molecule has 0 unspecified atom stereocenters. The number of nitrogens with zero attached hydrogens (tertiary/aromatic N) is 3. The predicted octanol–water partition coefficient (Wildman–Crippen LogP) is 1.96. The second kappa shape index (κ2) is 7.37. The Morgan fingerprint density at radius 3 is 2.81 bits per heavy atom. The van der Waals surface area contributed by atoms with Crippen molar-refractivity contribution in [1.29, 1.82) is 0 Å². The summed E-state index contributed by atoms with van der Waals surface area (Å²) in [5, 5.41) is 8.90. The standard InChI is InChI=1S/C20H28N4O2/c1-16-17-4-2-3-5-18(17)24(22-16)9-6-19(25)21-14-20(7-8-20)15-23-10-12-26-13-11-23/h2-5H,6-15H2,1H3,(H,21,25). The summed E-state index contributed by atoms with van der Waals surface area (Å²) < 4.78 is 7.37. The van der Waals surface area contributed by atoms with Gasteiger partial charge in [0.15, 0.2) is 0 Å². The third-order valence-corrected chi connectivity index (χ3v) is 5.67. The van der Waals surface area contributed by atoms with Gasteiger partial charge < -0.3 is 10.1 Å². The average molecular weight is 356 g/mol. The van der Waals surface area contributed by atoms with Crippen molar-refractivity contribution in [2.24, 2.45) is 5.41 Å². The van der Waals surface area contributed by atoms with Crippen LogP contribution < -0.4 is 5.32 Å². The van der Waals surface area contributed by atoms with E-state index in [1.165, 1.54) is 12.8 Å². The van der Waals surface area contributed by atoms with Crippen LogP contribution in [-0.2, 0) is 16.1 Å². The molecule has 1 amide bonds. The van der Waals surface area contributed by atoms with E-state index in [0.717, 1.165) is 56.0 Å². The summed E-state index contributed by atoms with van der Waals surface area (Å²) in [5.41, 5.74) is 2.41. The number of rotatable bonds is 7. The number of para-hydroxylation sites is 1. The molecule has 1 N–H and O–H groups in total. The van der Waals surface area contributed by atoms with E-state index in [1.54, 1.807) is 0 Å². The summed E-state index contributed by atoms with van der Waals surface area (Å²) >= 11 is 0. The molecule has 2 heterocycles. The predicted molar refractivity (Wildman–Crippen MR) is 101 cm³/mol. The molecule has 0 bridgehead atoms. The molecule has 2 aromatic rings. The zero-order valence-corrected chi connectivity index (χ0v) is 15.5. The van der Waals surface area contributed by atoms with Crippen molar-refractivity contribution in [2.45, 2.75) is 32.7 Å². The maximum atomic E-state index is 12.3. The van der Waals surface area contributed by atoms with Gasteiger partial charge in [0.1, 0.15) is 0 Å². The highest BCUT2D eigenvalue weighted by molar-refractivity contribution is 5.82. The van der Waals surface area contributed by atoms with Gasteiger partial charge in [0.2, 0.25) is 5.91 Å². The first-order valence-corrected chi connectivity index (χ1v) is 9.64. The largest absolute Gasteiger partial charge is 0.379 e. The van der Waals surface area contributed by atoms with Gasteiger partial charge in [-0.1, -0.05) is 18.2 Å². The molecule has 2 aliphatic rings. The van der Waals surface area contributed by atoms with Gasteiger partial charge in [-0.15, -0.1) is 0 Å². The summed E-state index contributed by atoms with van der Waals surface area (Å²) in [5.74, 6) is 0.121. The SMILES string of the molecule is Cc1nn(CCC(=O)NCC2(CN3CCOCC3)CC2)c2ccccc12. The van der Waals surface area contributed by atoms with Crippen LogP contribution >= 0.6 is 0 Å². The highest BCUT2D eigenvalue weighted by Crippen LogP contribution is 2.45. The summed E-state index contributed by atoms with van der Waals surface area (Å²) in [6.07, 6.45) is 2.90. The average Bonchev–Trinajstić information content (AvgIpc) is 3.36. The molecular formula is C20H28N4O2. The number of amides is 1. The lowest BCUT2D eigenvalue weighted by molar-refractivity contribution is -0.121. The van der Waals surface area contributed by atoms with E-state index < -0.39 is 0 Å². The minimum Gasteiger partial charge on any atom is -0.379 e. The Kier molecular flexibility index (Phi) is 4.96. The van der Waals surface area contributed by atoms with Gasteiger partial charge >= 0.3 is 0 Å². The fourth-order valence-corrected chi connectivity index (χ4v) is 3.85. The summed E-state index contributed by atoms with van der Waals surface area (Å²) in [6, 6.07) is 8.19. The van der Waals surface area contributed by atoms with Gasteiger partial charge in [0.25, 0.3) is 0 Å². The number of hydrogen-bond acceptors (Lipinski definition) is 4. The van der Waals surface area contributed by atoms with Crippen LogP contribution in [0.5, 0.6) is 0 Å². The number of nitrogens with one attached hydrogen (secondary N) is 1. The van der Waals surface area contributed by atoms with Crippen molar-refractivity contribution < 1.29 is 9.53 Å². The van der Waals surface area contributed by atoms with Crippen molar-refractivity contribution >= 4 is 16.8 Å². The zero-order valence-electron chi connectivity index (χ0n) is 15.5. The third-order valence-electron chi connectivity index (χ3n) is 5.67. The number of aryl methyl sites for hydroxylation is 2. The Hall–Kier alpha value is -1.92. The number of aromatic nitrogens is 2. The van der Waals surface area contributed by atoms with E-state index in [4.69, 9.17) is 4.74 Å². The van der Waals surface area contributed by atoms with Crippen molar-refractivity contribution in [3.63, 3.8) is 0 Å². The van der Waals surface area contributed by atoms with Gasteiger partial charge in [0, 0.05) is 43.4 Å². The summed E-state index contributed by atoms with van der Waals surface area (Å²) in [4.78, 5) is 14.8. The molecule has 0 spiro atoms. The topological polar surface area (TPSA) is 59.4 Å². The first-order valence-electron chi connectivity index (χ1n) is 9.64. The Balaban J connectivity index is 1.26. The number of morpholine rings is 1. The highest BCUT2D eigenvalue weighted by atomic mass is 16.5. The lowest BCUT2D eigenvalue weighted by Crippen LogP contribution is -2.43. The molecule has 6 heteroatoms. The highest BCUT2D eigenvalue weighted by Gasteiger charge is 2.44. The maximum absolute atomic E-state index is 12.3. The van der Waals surface area contributed by atoms with Gasteiger partial charge in [-0.2, -0.15) is 5.10 Å². The molecule has 1 saturated heterocycles. The van der Waals surface area contributed by atoms with E-state index in [1.807, 2.05) is 23.7 Å². The van der Waals surface area contributed by atoms with Crippen molar-refractivity contribution in [2.75, 3.05) is 39.4 Å². The number of fused-ring (bicyclic) bond motifs is 1. The van der Waals surface area contributed by atoms with Crippen LogP contribution in [-0.4, -0.2) is 60.0 Å². The first kappa shape index (κ1) is 17.5. The summed E-state index contributed by atoms with van der Waals surface area (Å²) in [7, 11) is 0. The smallest absolute Gasteiger partial charge is 0.221 e. The second-order valence-electron chi connectivity index (χ2n) is 7.74. The molecule has 26 heavy (non-hydrogen) atoms. The number of carbonyl (C=O) groups excluding carboxylic acids is 1. The van der Waals surface area contributed by atoms with Crippen LogP contribution in [0, 0.1) is 12.3 Å². The second-order valence-corrected chi connectivity index (χ2v) is 7.74. The normalized spacial score (nSPS) is 19.6. The molecule has 140 valence electrons. The van der Waals surface area contributed by atoms with E-state index >= 15 is 0 Å². The lowest BCUT2D eigenvalue weighted by Gasteiger charge is -2.30. The monoisotopic (exact) mass is 356 g/mol. The molecule has 4 rings (SSSR count). The Labute approximate surface area is 154 Å². The number of hydrogen-bond donors (Lipinski definition) is 1. The van der Waals surface area contributed by atoms with E-state index in [2.05, 4.69) is 27.4 Å². The Morgan fingerprint density at radius 1 is 1.27 bits per heavy atom. The van der Waals surface area contributed by atoms with Crippen molar-refractivity contribution in [3.8, 4) is 0 Å². The van der Waals surface area contributed by atoms with Gasteiger partial charge in [0.05, 0.1) is 31.0 Å². The fraction of sp³-hybridized carbons (Fsp3) is 0.600. The quantitative estimate of drug-likeness (QED) is 0.824. The van der Waals surface area contributed by atoms with Crippen LogP contribution in [0.4, 0.5) is 0 Å². The van der Waals surface area contributed by atoms with E-state index in [0.29, 0.717) is 18.4 Å². The first-order chi connectivity index (χ1) is 12.7. The molecule has 1 aromatic carbocycles. The molecule has 1 aliphatic carbocycles. The summed E-state index contributed by atoms with van der Waals surface area (Å²) in [6.45, 7) is 8.21. The van der Waals surface area contributed by atoms with Crippen LogP contribution in [0.2, 0.25) is 0 Å². The van der Waals surface area contributed by atoms with Crippen molar-refractivity contribution in [1.82, 2.24) is 20.0 Å². The lowest BCUT2D eigenvalue weighted by atomic mass is 10.1. The molecule has 6 nitrogen and oxygen atoms in total. The van der Waals surface area contributed by atoms with Crippen LogP contribution in [0.1, 0.15) is 25.0 Å². The maximum Gasteiger partial charge on any atom is 0.221 e. The molecule has 1 aromatic heterocycles. The van der Waals surface area contributed by atoms with Gasteiger partial charge in [-0.3, -0.25) is 14.4 Å². The number of carbonyl (C=O) groups is 1. The molecular weight excluding hydrogens is 328 g/mol. The van der Waals surface area contributed by atoms with Crippen molar-refractivity contribution in [3.05, 3.63) is 30.0 Å². The van der Waals surface area contributed by atoms with E-state index in [9.17, 15) is 4.79 Å².